The van der Waals surface area contributed by atoms with Crippen LogP contribution in [0.15, 0.2) is 48.5 Å². The third kappa shape index (κ3) is 4.22. The van der Waals surface area contributed by atoms with Gasteiger partial charge in [0.15, 0.2) is 0 Å². The summed E-state index contributed by atoms with van der Waals surface area (Å²) < 4.78 is 1.95. The molecule has 0 saturated carbocycles. The molecular formula is C22H23BrClNO2. The number of rotatable bonds is 7. The second-order valence-electron chi connectivity index (χ2n) is 7.56. The van der Waals surface area contributed by atoms with Gasteiger partial charge < -0.3 is 9.67 Å². The Labute approximate surface area is 173 Å². The summed E-state index contributed by atoms with van der Waals surface area (Å²) in [5.41, 5.74) is 2.35. The van der Waals surface area contributed by atoms with Gasteiger partial charge in [-0.15, -0.1) is 0 Å². The quantitative estimate of drug-likeness (QED) is 0.401. The van der Waals surface area contributed by atoms with E-state index < -0.39 is 5.97 Å². The van der Waals surface area contributed by atoms with Crippen LogP contribution in [-0.2, 0) is 6.54 Å². The van der Waals surface area contributed by atoms with Crippen molar-refractivity contribution in [1.82, 2.24) is 4.57 Å². The van der Waals surface area contributed by atoms with Gasteiger partial charge in [0.1, 0.15) is 5.69 Å². The van der Waals surface area contributed by atoms with Crippen LogP contribution in [-0.4, -0.2) is 21.0 Å². The largest absolute Gasteiger partial charge is 0.477 e. The third-order valence-corrected chi connectivity index (χ3v) is 5.70. The standard InChI is InChI=1S/C22H23BrClNO2/c1-22(2,10-12-23)11-13-25-19(15-6-4-3-5-7-15)18-14-16(24)8-9-17(18)20(25)21(26)27/h3-9,14H,10-13H2,1-2H3,(H,26,27). The number of halogens is 2. The van der Waals surface area contributed by atoms with E-state index in [9.17, 15) is 9.90 Å². The summed E-state index contributed by atoms with van der Waals surface area (Å²) in [6, 6.07) is 15.4. The van der Waals surface area contributed by atoms with Gasteiger partial charge in [-0.1, -0.05) is 77.8 Å². The minimum absolute atomic E-state index is 0.112. The maximum atomic E-state index is 12.2. The molecule has 1 N–H and O–H groups in total. The summed E-state index contributed by atoms with van der Waals surface area (Å²) in [7, 11) is 0. The van der Waals surface area contributed by atoms with Crippen LogP contribution in [0.25, 0.3) is 22.0 Å². The number of hydrogen-bond donors (Lipinski definition) is 1. The first-order valence-corrected chi connectivity index (χ1v) is 10.5. The van der Waals surface area contributed by atoms with E-state index in [4.69, 9.17) is 11.6 Å². The highest BCUT2D eigenvalue weighted by molar-refractivity contribution is 9.09. The third-order valence-electron chi connectivity index (χ3n) is 5.06. The summed E-state index contributed by atoms with van der Waals surface area (Å²) in [4.78, 5) is 12.2. The number of aromatic carboxylic acids is 1. The number of nitrogens with zero attached hydrogens (tertiary/aromatic N) is 1. The second kappa shape index (κ2) is 8.07. The molecule has 0 radical (unpaired) electrons. The van der Waals surface area contributed by atoms with Crippen molar-refractivity contribution in [2.45, 2.75) is 33.2 Å². The van der Waals surface area contributed by atoms with Crippen LogP contribution in [0.2, 0.25) is 5.02 Å². The zero-order valence-electron chi connectivity index (χ0n) is 15.5. The van der Waals surface area contributed by atoms with Crippen LogP contribution in [0.4, 0.5) is 0 Å². The molecule has 0 aliphatic rings. The lowest BCUT2D eigenvalue weighted by atomic mass is 9.86. The fourth-order valence-corrected chi connectivity index (χ4v) is 4.72. The Morgan fingerprint density at radius 3 is 2.44 bits per heavy atom. The van der Waals surface area contributed by atoms with Crippen molar-refractivity contribution >= 4 is 44.3 Å². The fourth-order valence-electron chi connectivity index (χ4n) is 3.48. The van der Waals surface area contributed by atoms with Crippen molar-refractivity contribution in [2.75, 3.05) is 5.33 Å². The molecule has 0 spiro atoms. The van der Waals surface area contributed by atoms with Crippen molar-refractivity contribution in [3.8, 4) is 11.3 Å². The fraction of sp³-hybridized carbons (Fsp3) is 0.318. The number of fused-ring (bicyclic) bond motifs is 1. The van der Waals surface area contributed by atoms with Gasteiger partial charge in [0.2, 0.25) is 0 Å². The summed E-state index contributed by atoms with van der Waals surface area (Å²) in [5, 5.41) is 13.1. The van der Waals surface area contributed by atoms with Crippen LogP contribution in [0.1, 0.15) is 37.2 Å². The van der Waals surface area contributed by atoms with Crippen molar-refractivity contribution in [3.05, 3.63) is 59.2 Å². The Hall–Kier alpha value is -1.78. The lowest BCUT2D eigenvalue weighted by Gasteiger charge is -2.25. The Balaban J connectivity index is 2.23. The van der Waals surface area contributed by atoms with E-state index in [1.807, 2.05) is 47.0 Å². The number of carboxylic acids is 1. The van der Waals surface area contributed by atoms with Gasteiger partial charge >= 0.3 is 5.97 Å². The van der Waals surface area contributed by atoms with Gasteiger partial charge in [-0.25, -0.2) is 4.79 Å². The van der Waals surface area contributed by atoms with E-state index >= 15 is 0 Å². The van der Waals surface area contributed by atoms with Crippen LogP contribution in [0.5, 0.6) is 0 Å². The molecule has 0 bridgehead atoms. The van der Waals surface area contributed by atoms with Crippen LogP contribution in [0, 0.1) is 5.41 Å². The number of aromatic nitrogens is 1. The molecule has 3 rings (SSSR count). The van der Waals surface area contributed by atoms with E-state index in [1.165, 1.54) is 0 Å². The van der Waals surface area contributed by atoms with Gasteiger partial charge in [-0.2, -0.15) is 0 Å². The summed E-state index contributed by atoms with van der Waals surface area (Å²) in [6.45, 7) is 5.08. The molecule has 0 unspecified atom stereocenters. The van der Waals surface area contributed by atoms with Crippen molar-refractivity contribution in [1.29, 1.82) is 0 Å². The highest BCUT2D eigenvalue weighted by atomic mass is 79.9. The highest BCUT2D eigenvalue weighted by Gasteiger charge is 2.25. The predicted octanol–water partition coefficient (Wildman–Crippen LogP) is 6.86. The maximum absolute atomic E-state index is 12.2. The van der Waals surface area contributed by atoms with E-state index in [2.05, 4.69) is 29.8 Å². The first-order chi connectivity index (χ1) is 12.8. The second-order valence-corrected chi connectivity index (χ2v) is 8.79. The molecule has 0 aliphatic heterocycles. The summed E-state index contributed by atoms with van der Waals surface area (Å²) in [5.74, 6) is -0.914. The molecule has 1 aromatic heterocycles. The molecule has 0 aliphatic carbocycles. The zero-order chi connectivity index (χ0) is 19.6. The molecule has 5 heteroatoms. The Morgan fingerprint density at radius 1 is 1.11 bits per heavy atom. The topological polar surface area (TPSA) is 42.2 Å². The molecule has 0 fully saturated rings. The molecule has 1 heterocycles. The number of carbonyl (C=O) groups is 1. The predicted molar refractivity (Wildman–Crippen MR) is 116 cm³/mol. The van der Waals surface area contributed by atoms with Gasteiger partial charge in [-0.3, -0.25) is 0 Å². The average molecular weight is 449 g/mol. The first-order valence-electron chi connectivity index (χ1n) is 9.00. The Kier molecular flexibility index (Phi) is 5.97. The molecule has 0 amide bonds. The lowest BCUT2D eigenvalue weighted by Crippen LogP contribution is -2.18. The molecule has 2 aromatic carbocycles. The zero-order valence-corrected chi connectivity index (χ0v) is 17.8. The monoisotopic (exact) mass is 447 g/mol. The van der Waals surface area contributed by atoms with Crippen LogP contribution < -0.4 is 0 Å². The van der Waals surface area contributed by atoms with Gasteiger partial charge in [0.05, 0.1) is 5.69 Å². The maximum Gasteiger partial charge on any atom is 0.353 e. The van der Waals surface area contributed by atoms with Gasteiger partial charge in [0.25, 0.3) is 0 Å². The van der Waals surface area contributed by atoms with E-state index in [-0.39, 0.29) is 5.41 Å². The number of alkyl halides is 1. The van der Waals surface area contributed by atoms with E-state index in [0.717, 1.165) is 40.2 Å². The Morgan fingerprint density at radius 2 is 1.81 bits per heavy atom. The number of benzene rings is 2. The normalized spacial score (nSPS) is 11.9. The molecule has 3 nitrogen and oxygen atoms in total. The molecule has 0 saturated heterocycles. The van der Waals surface area contributed by atoms with Crippen molar-refractivity contribution in [3.63, 3.8) is 0 Å². The summed E-state index contributed by atoms with van der Waals surface area (Å²) in [6.07, 6.45) is 1.91. The number of hydrogen-bond acceptors (Lipinski definition) is 1. The molecule has 3 aromatic rings. The first kappa shape index (κ1) is 20.0. The smallest absolute Gasteiger partial charge is 0.353 e. The van der Waals surface area contributed by atoms with Gasteiger partial charge in [-0.05, 0) is 36.0 Å². The number of carboxylic acid groups (broad SMARTS) is 1. The molecule has 0 atom stereocenters. The molecular weight excluding hydrogens is 426 g/mol. The average Bonchev–Trinajstić information content (AvgIpc) is 2.94. The summed E-state index contributed by atoms with van der Waals surface area (Å²) >= 11 is 9.77. The minimum atomic E-state index is -0.914. The highest BCUT2D eigenvalue weighted by Crippen LogP contribution is 2.37. The minimum Gasteiger partial charge on any atom is -0.477 e. The van der Waals surface area contributed by atoms with E-state index in [1.54, 1.807) is 6.07 Å². The Bertz CT molecular complexity index is 963. The van der Waals surface area contributed by atoms with Crippen LogP contribution in [0.3, 0.4) is 0 Å². The van der Waals surface area contributed by atoms with Crippen molar-refractivity contribution < 1.29 is 9.90 Å². The lowest BCUT2D eigenvalue weighted by molar-refractivity contribution is 0.0686. The SMILES string of the molecule is CC(C)(CCBr)CCn1c(C(=O)O)c2ccc(Cl)cc2c1-c1ccccc1. The van der Waals surface area contributed by atoms with Crippen LogP contribution >= 0.6 is 27.5 Å². The van der Waals surface area contributed by atoms with Crippen molar-refractivity contribution in [2.24, 2.45) is 5.41 Å². The molecule has 27 heavy (non-hydrogen) atoms. The van der Waals surface area contributed by atoms with E-state index in [0.29, 0.717) is 17.3 Å². The van der Waals surface area contributed by atoms with Gasteiger partial charge in [0, 0.05) is 27.7 Å². The molecule has 142 valence electrons.